The van der Waals surface area contributed by atoms with Gasteiger partial charge in [0.2, 0.25) is 0 Å². The van der Waals surface area contributed by atoms with Crippen LogP contribution in [0, 0.1) is 0 Å². The molecule has 4 nitrogen and oxygen atoms in total. The zero-order chi connectivity index (χ0) is 14.4. The van der Waals surface area contributed by atoms with Gasteiger partial charge in [0.05, 0.1) is 0 Å². The summed E-state index contributed by atoms with van der Waals surface area (Å²) in [5.74, 6) is 0.693. The summed E-state index contributed by atoms with van der Waals surface area (Å²) in [6.45, 7) is 0.622. The van der Waals surface area contributed by atoms with Gasteiger partial charge in [0.15, 0.2) is 6.61 Å². The first kappa shape index (κ1) is 15.3. The molecule has 0 aromatic heterocycles. The second-order valence-electron chi connectivity index (χ2n) is 5.13. The Morgan fingerprint density at radius 3 is 2.85 bits per heavy atom. The summed E-state index contributed by atoms with van der Waals surface area (Å²) in [6, 6.07) is 6.10. The number of hydrogen-bond donors (Lipinski definition) is 2. The molecule has 0 bridgehead atoms. The lowest BCUT2D eigenvalue weighted by atomic mass is 10.1. The Hall–Kier alpha value is -1.07. The molecule has 1 aromatic carbocycles. The standard InChI is InChI=1S/C15H21BrN2O2/c16-12-5-6-14(11(9-12)7-8-17)20-10-15(19)18-13-3-1-2-4-13/h5-6,9,13H,1-4,7-8,10,17H2,(H,18,19). The van der Waals surface area contributed by atoms with Gasteiger partial charge in [-0.1, -0.05) is 28.8 Å². The highest BCUT2D eigenvalue weighted by Gasteiger charge is 2.17. The lowest BCUT2D eigenvalue weighted by Crippen LogP contribution is -2.36. The van der Waals surface area contributed by atoms with Crippen LogP contribution in [-0.4, -0.2) is 25.1 Å². The maximum absolute atomic E-state index is 11.8. The molecule has 0 saturated heterocycles. The van der Waals surface area contributed by atoms with Crippen molar-refractivity contribution in [1.29, 1.82) is 0 Å². The number of benzene rings is 1. The van der Waals surface area contributed by atoms with Gasteiger partial charge in [-0.2, -0.15) is 0 Å². The first-order valence-corrected chi connectivity index (χ1v) is 7.89. The Labute approximate surface area is 128 Å². The second-order valence-corrected chi connectivity index (χ2v) is 6.04. The summed E-state index contributed by atoms with van der Waals surface area (Å²) in [6.07, 6.45) is 5.32. The molecule has 0 radical (unpaired) electrons. The van der Waals surface area contributed by atoms with Crippen LogP contribution in [-0.2, 0) is 11.2 Å². The number of ether oxygens (including phenoxy) is 1. The molecule has 110 valence electrons. The van der Waals surface area contributed by atoms with E-state index in [2.05, 4.69) is 21.2 Å². The molecule has 20 heavy (non-hydrogen) atoms. The van der Waals surface area contributed by atoms with E-state index >= 15 is 0 Å². The molecule has 1 aromatic rings. The van der Waals surface area contributed by atoms with Gasteiger partial charge >= 0.3 is 0 Å². The summed E-state index contributed by atoms with van der Waals surface area (Å²) in [7, 11) is 0. The molecule has 1 saturated carbocycles. The quantitative estimate of drug-likeness (QED) is 0.835. The molecule has 1 aliphatic carbocycles. The third-order valence-electron chi connectivity index (χ3n) is 3.52. The van der Waals surface area contributed by atoms with Gasteiger partial charge in [-0.05, 0) is 49.6 Å². The number of carbonyl (C=O) groups is 1. The zero-order valence-corrected chi connectivity index (χ0v) is 13.1. The minimum Gasteiger partial charge on any atom is -0.483 e. The van der Waals surface area contributed by atoms with Gasteiger partial charge in [0, 0.05) is 10.5 Å². The van der Waals surface area contributed by atoms with E-state index < -0.39 is 0 Å². The van der Waals surface area contributed by atoms with Crippen LogP contribution >= 0.6 is 15.9 Å². The van der Waals surface area contributed by atoms with E-state index in [1.165, 1.54) is 12.8 Å². The van der Waals surface area contributed by atoms with E-state index in [4.69, 9.17) is 10.5 Å². The lowest BCUT2D eigenvalue weighted by Gasteiger charge is -2.14. The minimum absolute atomic E-state index is 0.0430. The molecule has 0 atom stereocenters. The molecule has 3 N–H and O–H groups in total. The van der Waals surface area contributed by atoms with Crippen molar-refractivity contribution in [2.45, 2.75) is 38.1 Å². The zero-order valence-electron chi connectivity index (χ0n) is 11.5. The predicted octanol–water partition coefficient (Wildman–Crippen LogP) is 2.39. The van der Waals surface area contributed by atoms with Gasteiger partial charge in [-0.3, -0.25) is 4.79 Å². The predicted molar refractivity (Wildman–Crippen MR) is 82.8 cm³/mol. The normalized spacial score (nSPS) is 15.3. The average Bonchev–Trinajstić information content (AvgIpc) is 2.91. The van der Waals surface area contributed by atoms with Gasteiger partial charge in [-0.25, -0.2) is 0 Å². The highest BCUT2D eigenvalue weighted by molar-refractivity contribution is 9.10. The third kappa shape index (κ3) is 4.49. The third-order valence-corrected chi connectivity index (χ3v) is 4.01. The molecule has 0 aliphatic heterocycles. The Morgan fingerprint density at radius 2 is 2.15 bits per heavy atom. The number of hydrogen-bond acceptors (Lipinski definition) is 3. The van der Waals surface area contributed by atoms with Gasteiger partial charge in [-0.15, -0.1) is 0 Å². The molecule has 0 unspecified atom stereocenters. The summed E-state index contributed by atoms with van der Waals surface area (Å²) in [5, 5.41) is 3.01. The van der Waals surface area contributed by atoms with Crippen LogP contribution in [0.2, 0.25) is 0 Å². The number of halogens is 1. The van der Waals surface area contributed by atoms with E-state index in [1.807, 2.05) is 18.2 Å². The molecule has 1 fully saturated rings. The van der Waals surface area contributed by atoms with E-state index in [-0.39, 0.29) is 12.5 Å². The minimum atomic E-state index is -0.0430. The van der Waals surface area contributed by atoms with Crippen LogP contribution in [0.1, 0.15) is 31.2 Å². The summed E-state index contributed by atoms with van der Waals surface area (Å²) >= 11 is 3.43. The Bertz CT molecular complexity index is 459. The van der Waals surface area contributed by atoms with Crippen LogP contribution in [0.5, 0.6) is 5.75 Å². The molecule has 1 aliphatic rings. The molecule has 2 rings (SSSR count). The van der Waals surface area contributed by atoms with Crippen molar-refractivity contribution in [2.24, 2.45) is 5.73 Å². The van der Waals surface area contributed by atoms with E-state index in [0.29, 0.717) is 12.6 Å². The second kappa shape index (κ2) is 7.64. The fourth-order valence-corrected chi connectivity index (χ4v) is 2.93. The largest absolute Gasteiger partial charge is 0.483 e. The fraction of sp³-hybridized carbons (Fsp3) is 0.533. The summed E-state index contributed by atoms with van der Waals surface area (Å²) < 4.78 is 6.62. The van der Waals surface area contributed by atoms with Crippen molar-refractivity contribution >= 4 is 21.8 Å². The lowest BCUT2D eigenvalue weighted by molar-refractivity contribution is -0.123. The van der Waals surface area contributed by atoms with Crippen molar-refractivity contribution in [3.8, 4) is 5.75 Å². The topological polar surface area (TPSA) is 64.3 Å². The Kier molecular flexibility index (Phi) is 5.86. The molecular weight excluding hydrogens is 320 g/mol. The summed E-state index contributed by atoms with van der Waals surface area (Å²) in [5.41, 5.74) is 6.62. The Morgan fingerprint density at radius 1 is 1.40 bits per heavy atom. The Balaban J connectivity index is 1.87. The molecule has 5 heteroatoms. The molecular formula is C15H21BrN2O2. The van der Waals surface area contributed by atoms with E-state index in [0.717, 1.165) is 35.0 Å². The maximum atomic E-state index is 11.8. The molecule has 0 heterocycles. The maximum Gasteiger partial charge on any atom is 0.258 e. The number of nitrogens with one attached hydrogen (secondary N) is 1. The van der Waals surface area contributed by atoms with Crippen LogP contribution in [0.25, 0.3) is 0 Å². The molecule has 1 amide bonds. The average molecular weight is 341 g/mol. The number of amides is 1. The van der Waals surface area contributed by atoms with Crippen molar-refractivity contribution in [1.82, 2.24) is 5.32 Å². The van der Waals surface area contributed by atoms with Crippen molar-refractivity contribution in [3.05, 3.63) is 28.2 Å². The van der Waals surface area contributed by atoms with Crippen LogP contribution in [0.4, 0.5) is 0 Å². The highest BCUT2D eigenvalue weighted by Crippen LogP contribution is 2.23. The first-order chi connectivity index (χ1) is 9.69. The van der Waals surface area contributed by atoms with E-state index in [9.17, 15) is 4.79 Å². The highest BCUT2D eigenvalue weighted by atomic mass is 79.9. The van der Waals surface area contributed by atoms with E-state index in [1.54, 1.807) is 0 Å². The van der Waals surface area contributed by atoms with Gasteiger partial charge in [0.25, 0.3) is 5.91 Å². The summed E-state index contributed by atoms with van der Waals surface area (Å²) in [4.78, 5) is 11.8. The van der Waals surface area contributed by atoms with Gasteiger partial charge < -0.3 is 15.8 Å². The first-order valence-electron chi connectivity index (χ1n) is 7.09. The smallest absolute Gasteiger partial charge is 0.258 e. The van der Waals surface area contributed by atoms with Crippen molar-refractivity contribution in [2.75, 3.05) is 13.2 Å². The number of carbonyl (C=O) groups excluding carboxylic acids is 1. The van der Waals surface area contributed by atoms with Crippen molar-refractivity contribution in [3.63, 3.8) is 0 Å². The van der Waals surface area contributed by atoms with Crippen molar-refractivity contribution < 1.29 is 9.53 Å². The van der Waals surface area contributed by atoms with Crippen LogP contribution in [0.3, 0.4) is 0 Å². The van der Waals surface area contributed by atoms with Crippen LogP contribution < -0.4 is 15.8 Å². The van der Waals surface area contributed by atoms with Gasteiger partial charge in [0.1, 0.15) is 5.75 Å². The monoisotopic (exact) mass is 340 g/mol. The SMILES string of the molecule is NCCc1cc(Br)ccc1OCC(=O)NC1CCCC1. The molecule has 0 spiro atoms. The van der Waals surface area contributed by atoms with Crippen LogP contribution in [0.15, 0.2) is 22.7 Å². The number of nitrogens with two attached hydrogens (primary N) is 1. The number of rotatable bonds is 6. The fourth-order valence-electron chi connectivity index (χ4n) is 2.52.